The van der Waals surface area contributed by atoms with Crippen molar-refractivity contribution in [2.24, 2.45) is 0 Å². The Balaban J connectivity index is 2.57. The summed E-state index contributed by atoms with van der Waals surface area (Å²) in [5, 5.41) is 3.47. The third-order valence-electron chi connectivity index (χ3n) is 2.92. The molecule has 17 heavy (non-hydrogen) atoms. The number of carbonyl (C=O) groups is 1. The van der Waals surface area contributed by atoms with Gasteiger partial charge in [-0.1, -0.05) is 13.3 Å². The van der Waals surface area contributed by atoms with Crippen LogP contribution in [0.4, 0.5) is 4.79 Å². The molecule has 1 fully saturated rings. The smallest absolute Gasteiger partial charge is 0.410 e. The topological polar surface area (TPSA) is 41.6 Å². The standard InChI is InChI=1S/C13H26N2O2/c1-6-7-11-9-15(10(2)8-14-11)12(16)17-13(3,4)5/h10-11,14H,6-9H2,1-5H3. The molecule has 4 nitrogen and oxygen atoms in total. The van der Waals surface area contributed by atoms with Crippen LogP contribution in [0.3, 0.4) is 0 Å². The molecule has 2 atom stereocenters. The van der Waals surface area contributed by atoms with Crippen molar-refractivity contribution in [1.29, 1.82) is 0 Å². The lowest BCUT2D eigenvalue weighted by Crippen LogP contribution is -2.57. The number of amides is 1. The summed E-state index contributed by atoms with van der Waals surface area (Å²) in [4.78, 5) is 13.9. The molecule has 1 aliphatic rings. The third-order valence-corrected chi connectivity index (χ3v) is 2.92. The van der Waals surface area contributed by atoms with Crippen LogP contribution in [0.5, 0.6) is 0 Å². The summed E-state index contributed by atoms with van der Waals surface area (Å²) in [6.07, 6.45) is 2.05. The summed E-state index contributed by atoms with van der Waals surface area (Å²) in [5.74, 6) is 0. The van der Waals surface area contributed by atoms with Gasteiger partial charge in [0.15, 0.2) is 0 Å². The van der Waals surface area contributed by atoms with Crippen LogP contribution in [0, 0.1) is 0 Å². The Bertz CT molecular complexity index is 261. The number of hydrogen-bond acceptors (Lipinski definition) is 3. The Kier molecular flexibility index (Phi) is 4.80. The summed E-state index contributed by atoms with van der Waals surface area (Å²) in [6, 6.07) is 0.613. The van der Waals surface area contributed by atoms with Crippen molar-refractivity contribution in [3.8, 4) is 0 Å². The van der Waals surface area contributed by atoms with Gasteiger partial charge < -0.3 is 15.0 Å². The first-order valence-corrected chi connectivity index (χ1v) is 6.56. The molecule has 1 N–H and O–H groups in total. The van der Waals surface area contributed by atoms with Crippen LogP contribution < -0.4 is 5.32 Å². The minimum absolute atomic E-state index is 0.187. The molecule has 0 aromatic carbocycles. The zero-order chi connectivity index (χ0) is 13.1. The first kappa shape index (κ1) is 14.3. The molecule has 0 aliphatic carbocycles. The van der Waals surface area contributed by atoms with E-state index in [0.717, 1.165) is 25.9 Å². The van der Waals surface area contributed by atoms with E-state index in [2.05, 4.69) is 19.2 Å². The molecule has 4 heteroatoms. The van der Waals surface area contributed by atoms with Crippen LogP contribution in [0.2, 0.25) is 0 Å². The van der Waals surface area contributed by atoms with E-state index in [4.69, 9.17) is 4.74 Å². The van der Waals surface area contributed by atoms with Gasteiger partial charge in [-0.2, -0.15) is 0 Å². The third kappa shape index (κ3) is 4.54. The first-order chi connectivity index (χ1) is 7.83. The molecule has 1 amide bonds. The molecule has 0 aromatic heterocycles. The van der Waals surface area contributed by atoms with Gasteiger partial charge in [0.1, 0.15) is 5.60 Å². The highest BCUT2D eigenvalue weighted by atomic mass is 16.6. The fourth-order valence-electron chi connectivity index (χ4n) is 2.05. The van der Waals surface area contributed by atoms with Gasteiger partial charge >= 0.3 is 6.09 Å². The molecule has 0 radical (unpaired) electrons. The number of hydrogen-bond donors (Lipinski definition) is 1. The fourth-order valence-corrected chi connectivity index (χ4v) is 2.05. The highest BCUT2D eigenvalue weighted by Crippen LogP contribution is 2.15. The fraction of sp³-hybridized carbons (Fsp3) is 0.923. The Morgan fingerprint density at radius 3 is 2.65 bits per heavy atom. The van der Waals surface area contributed by atoms with Crippen molar-refractivity contribution in [3.63, 3.8) is 0 Å². The summed E-state index contributed by atoms with van der Waals surface area (Å²) >= 11 is 0. The Morgan fingerprint density at radius 1 is 1.47 bits per heavy atom. The van der Waals surface area contributed by atoms with Gasteiger partial charge in [-0.25, -0.2) is 4.79 Å². The van der Waals surface area contributed by atoms with Gasteiger partial charge in [0.2, 0.25) is 0 Å². The molecule has 0 saturated carbocycles. The molecule has 2 unspecified atom stereocenters. The van der Waals surface area contributed by atoms with E-state index >= 15 is 0 Å². The predicted octanol–water partition coefficient (Wildman–Crippen LogP) is 2.38. The van der Waals surface area contributed by atoms with Crippen LogP contribution in [0.25, 0.3) is 0 Å². The largest absolute Gasteiger partial charge is 0.444 e. The second kappa shape index (κ2) is 5.71. The summed E-state index contributed by atoms with van der Waals surface area (Å²) in [6.45, 7) is 11.5. The first-order valence-electron chi connectivity index (χ1n) is 6.56. The zero-order valence-electron chi connectivity index (χ0n) is 11.7. The molecule has 1 saturated heterocycles. The Labute approximate surface area is 105 Å². The maximum absolute atomic E-state index is 12.0. The number of piperazine rings is 1. The number of nitrogens with zero attached hydrogens (tertiary/aromatic N) is 1. The van der Waals surface area contributed by atoms with Gasteiger partial charge in [-0.3, -0.25) is 0 Å². The van der Waals surface area contributed by atoms with Crippen molar-refractivity contribution >= 4 is 6.09 Å². The van der Waals surface area contributed by atoms with Gasteiger partial charge in [-0.15, -0.1) is 0 Å². The van der Waals surface area contributed by atoms with Gasteiger partial charge in [0.05, 0.1) is 0 Å². The summed E-state index contributed by atoms with van der Waals surface area (Å²) in [5.41, 5.74) is -0.415. The van der Waals surface area contributed by atoms with Crippen molar-refractivity contribution in [1.82, 2.24) is 10.2 Å². The van der Waals surface area contributed by atoms with Crippen molar-refractivity contribution in [3.05, 3.63) is 0 Å². The lowest BCUT2D eigenvalue weighted by Gasteiger charge is -2.39. The van der Waals surface area contributed by atoms with Gasteiger partial charge in [-0.05, 0) is 34.1 Å². The van der Waals surface area contributed by atoms with E-state index in [1.165, 1.54) is 0 Å². The van der Waals surface area contributed by atoms with E-state index < -0.39 is 5.60 Å². The van der Waals surface area contributed by atoms with Crippen LogP contribution >= 0.6 is 0 Å². The van der Waals surface area contributed by atoms with Crippen molar-refractivity contribution < 1.29 is 9.53 Å². The maximum Gasteiger partial charge on any atom is 0.410 e. The molecule has 100 valence electrons. The lowest BCUT2D eigenvalue weighted by atomic mass is 10.1. The van der Waals surface area contributed by atoms with E-state index in [-0.39, 0.29) is 12.1 Å². The van der Waals surface area contributed by atoms with Crippen molar-refractivity contribution in [2.75, 3.05) is 13.1 Å². The monoisotopic (exact) mass is 242 g/mol. The van der Waals surface area contributed by atoms with E-state index in [0.29, 0.717) is 6.04 Å². The predicted molar refractivity (Wildman–Crippen MR) is 69.1 cm³/mol. The normalized spacial score (nSPS) is 25.8. The SMILES string of the molecule is CCCC1CN(C(=O)OC(C)(C)C)C(C)CN1. The second-order valence-corrected chi connectivity index (χ2v) is 5.88. The molecule has 1 aliphatic heterocycles. The molecule has 0 spiro atoms. The summed E-state index contributed by atoms with van der Waals surface area (Å²) < 4.78 is 5.43. The van der Waals surface area contributed by atoms with Crippen LogP contribution in [0.15, 0.2) is 0 Å². The van der Waals surface area contributed by atoms with E-state index in [9.17, 15) is 4.79 Å². The number of ether oxygens (including phenoxy) is 1. The number of carbonyl (C=O) groups excluding carboxylic acids is 1. The Hall–Kier alpha value is -0.770. The van der Waals surface area contributed by atoms with Crippen LogP contribution in [-0.4, -0.2) is 41.8 Å². The molecule has 0 aromatic rings. The minimum Gasteiger partial charge on any atom is -0.444 e. The quantitative estimate of drug-likeness (QED) is 0.808. The van der Waals surface area contributed by atoms with E-state index in [1.807, 2.05) is 25.7 Å². The van der Waals surface area contributed by atoms with Crippen molar-refractivity contribution in [2.45, 2.75) is 65.1 Å². The molecular formula is C13H26N2O2. The van der Waals surface area contributed by atoms with E-state index in [1.54, 1.807) is 0 Å². The molecule has 1 rings (SSSR count). The maximum atomic E-state index is 12.0. The zero-order valence-corrected chi connectivity index (χ0v) is 11.7. The lowest BCUT2D eigenvalue weighted by molar-refractivity contribution is 0.00926. The van der Waals surface area contributed by atoms with Gasteiger partial charge in [0, 0.05) is 25.2 Å². The average Bonchev–Trinajstić information content (AvgIpc) is 2.18. The Morgan fingerprint density at radius 2 is 2.12 bits per heavy atom. The second-order valence-electron chi connectivity index (χ2n) is 5.88. The number of nitrogens with one attached hydrogen (secondary N) is 1. The van der Waals surface area contributed by atoms with Crippen LogP contribution in [0.1, 0.15) is 47.5 Å². The molecular weight excluding hydrogens is 216 g/mol. The summed E-state index contributed by atoms with van der Waals surface area (Å²) in [7, 11) is 0. The highest BCUT2D eigenvalue weighted by molar-refractivity contribution is 5.68. The molecule has 0 bridgehead atoms. The van der Waals surface area contributed by atoms with Crippen LogP contribution in [-0.2, 0) is 4.74 Å². The molecule has 1 heterocycles. The number of rotatable bonds is 2. The average molecular weight is 242 g/mol. The highest BCUT2D eigenvalue weighted by Gasteiger charge is 2.31. The minimum atomic E-state index is -0.415. The van der Waals surface area contributed by atoms with Gasteiger partial charge in [0.25, 0.3) is 0 Å².